The Labute approximate surface area is 134 Å². The van der Waals surface area contributed by atoms with Crippen molar-refractivity contribution < 1.29 is 9.53 Å². The number of rotatable bonds is 6. The summed E-state index contributed by atoms with van der Waals surface area (Å²) < 4.78 is 5.45. The van der Waals surface area contributed by atoms with Gasteiger partial charge in [0.05, 0.1) is 5.71 Å². The molecule has 5 heteroatoms. The van der Waals surface area contributed by atoms with Crippen LogP contribution in [0.25, 0.3) is 0 Å². The maximum Gasteiger partial charge on any atom is 0.277 e. The second-order valence-corrected chi connectivity index (χ2v) is 6.17. The fraction of sp³-hybridized carbons (Fsp3) is 0.294. The van der Waals surface area contributed by atoms with Crippen LogP contribution in [0.15, 0.2) is 46.9 Å². The lowest BCUT2D eigenvalue weighted by molar-refractivity contribution is -0.123. The number of nitrogens with zero attached hydrogens (tertiary/aromatic N) is 1. The standard InChI is InChI=1S/C17H20N2O2S/c1-12(2)14-6-8-15(9-7-14)21-11-17(20)19-18-13(3)16-5-4-10-22-16/h4-10,12H,11H2,1-3H3,(H,19,20)/b18-13+. The lowest BCUT2D eigenvalue weighted by Crippen LogP contribution is -2.25. The van der Waals surface area contributed by atoms with Crippen LogP contribution in [0.4, 0.5) is 0 Å². The van der Waals surface area contributed by atoms with E-state index in [2.05, 4.69) is 24.4 Å². The molecule has 0 fully saturated rings. The molecule has 0 aliphatic carbocycles. The number of hydrogen-bond donors (Lipinski definition) is 1. The highest BCUT2D eigenvalue weighted by Gasteiger charge is 2.04. The van der Waals surface area contributed by atoms with Gasteiger partial charge in [0.25, 0.3) is 5.91 Å². The van der Waals surface area contributed by atoms with E-state index in [1.807, 2.05) is 48.7 Å². The van der Waals surface area contributed by atoms with Gasteiger partial charge in [-0.1, -0.05) is 32.0 Å². The van der Waals surface area contributed by atoms with Gasteiger partial charge in [0.15, 0.2) is 6.61 Å². The van der Waals surface area contributed by atoms with E-state index < -0.39 is 0 Å². The molecule has 0 saturated heterocycles. The number of hydrazone groups is 1. The van der Waals surface area contributed by atoms with Gasteiger partial charge in [-0.05, 0) is 42.0 Å². The molecule has 0 atom stereocenters. The first-order valence-corrected chi connectivity index (χ1v) is 8.04. The Morgan fingerprint density at radius 3 is 2.59 bits per heavy atom. The fourth-order valence-electron chi connectivity index (χ4n) is 1.82. The molecule has 4 nitrogen and oxygen atoms in total. The number of carbonyl (C=O) groups is 1. The summed E-state index contributed by atoms with van der Waals surface area (Å²) in [5.41, 5.74) is 4.53. The van der Waals surface area contributed by atoms with Crippen molar-refractivity contribution in [1.82, 2.24) is 5.43 Å². The normalized spacial score (nSPS) is 11.5. The Morgan fingerprint density at radius 1 is 1.27 bits per heavy atom. The number of amides is 1. The van der Waals surface area contributed by atoms with Gasteiger partial charge in [-0.3, -0.25) is 4.79 Å². The Bertz CT molecular complexity index is 631. The SMILES string of the molecule is C/C(=N\NC(=O)COc1ccc(C(C)C)cc1)c1cccs1. The van der Waals surface area contributed by atoms with E-state index in [-0.39, 0.29) is 12.5 Å². The number of thiophene rings is 1. The molecule has 0 aliphatic rings. The molecule has 116 valence electrons. The number of nitrogens with one attached hydrogen (secondary N) is 1. The van der Waals surface area contributed by atoms with Crippen molar-refractivity contribution in [2.24, 2.45) is 5.10 Å². The zero-order chi connectivity index (χ0) is 15.9. The molecule has 1 amide bonds. The van der Waals surface area contributed by atoms with Crippen molar-refractivity contribution in [3.8, 4) is 5.75 Å². The van der Waals surface area contributed by atoms with Gasteiger partial charge in [0, 0.05) is 4.88 Å². The third-order valence-electron chi connectivity index (χ3n) is 3.14. The van der Waals surface area contributed by atoms with Gasteiger partial charge in [0.1, 0.15) is 5.75 Å². The predicted molar refractivity (Wildman–Crippen MR) is 90.7 cm³/mol. The largest absolute Gasteiger partial charge is 0.484 e. The smallest absolute Gasteiger partial charge is 0.277 e. The Hall–Kier alpha value is -2.14. The molecule has 0 aliphatic heterocycles. The fourth-order valence-corrected chi connectivity index (χ4v) is 2.49. The number of carbonyl (C=O) groups excluding carboxylic acids is 1. The Balaban J connectivity index is 1.81. The molecule has 1 N–H and O–H groups in total. The van der Waals surface area contributed by atoms with Crippen LogP contribution in [0.1, 0.15) is 37.1 Å². The van der Waals surface area contributed by atoms with E-state index in [0.717, 1.165) is 10.6 Å². The summed E-state index contributed by atoms with van der Waals surface area (Å²) in [4.78, 5) is 12.8. The molecule has 2 aromatic rings. The minimum absolute atomic E-state index is 0.0533. The second kappa shape index (κ2) is 7.75. The van der Waals surface area contributed by atoms with E-state index in [9.17, 15) is 4.79 Å². The monoisotopic (exact) mass is 316 g/mol. The van der Waals surface area contributed by atoms with Gasteiger partial charge in [-0.2, -0.15) is 5.10 Å². The van der Waals surface area contributed by atoms with E-state index in [0.29, 0.717) is 11.7 Å². The summed E-state index contributed by atoms with van der Waals surface area (Å²) in [5.74, 6) is 0.884. The van der Waals surface area contributed by atoms with Crippen molar-refractivity contribution in [3.63, 3.8) is 0 Å². The van der Waals surface area contributed by atoms with Crippen LogP contribution in [-0.4, -0.2) is 18.2 Å². The molecule has 22 heavy (non-hydrogen) atoms. The van der Waals surface area contributed by atoms with Crippen LogP contribution in [-0.2, 0) is 4.79 Å². The van der Waals surface area contributed by atoms with Crippen LogP contribution < -0.4 is 10.2 Å². The molecule has 0 radical (unpaired) electrons. The van der Waals surface area contributed by atoms with E-state index in [1.165, 1.54) is 5.56 Å². The van der Waals surface area contributed by atoms with Crippen molar-refractivity contribution >= 4 is 23.0 Å². The maximum absolute atomic E-state index is 11.7. The van der Waals surface area contributed by atoms with Crippen molar-refractivity contribution in [1.29, 1.82) is 0 Å². The molecule has 0 saturated carbocycles. The first-order chi connectivity index (χ1) is 10.6. The topological polar surface area (TPSA) is 50.7 Å². The van der Waals surface area contributed by atoms with E-state index in [4.69, 9.17) is 4.74 Å². The van der Waals surface area contributed by atoms with Crippen molar-refractivity contribution in [2.75, 3.05) is 6.61 Å². The number of ether oxygens (including phenoxy) is 1. The van der Waals surface area contributed by atoms with Crippen LogP contribution >= 0.6 is 11.3 Å². The number of benzene rings is 1. The molecule has 0 spiro atoms. The van der Waals surface area contributed by atoms with Crippen LogP contribution in [0.5, 0.6) is 5.75 Å². The van der Waals surface area contributed by atoms with Gasteiger partial charge in [-0.25, -0.2) is 5.43 Å². The van der Waals surface area contributed by atoms with Crippen LogP contribution in [0.3, 0.4) is 0 Å². The molecule has 1 aromatic carbocycles. The minimum Gasteiger partial charge on any atom is -0.484 e. The molecule has 0 unspecified atom stereocenters. The third-order valence-corrected chi connectivity index (χ3v) is 4.12. The van der Waals surface area contributed by atoms with Crippen molar-refractivity contribution in [2.45, 2.75) is 26.7 Å². The maximum atomic E-state index is 11.7. The molecule has 1 aromatic heterocycles. The zero-order valence-electron chi connectivity index (χ0n) is 13.0. The predicted octanol–water partition coefficient (Wildman–Crippen LogP) is 3.79. The average molecular weight is 316 g/mol. The molecule has 1 heterocycles. The quantitative estimate of drug-likeness (QED) is 0.651. The lowest BCUT2D eigenvalue weighted by atomic mass is 10.0. The lowest BCUT2D eigenvalue weighted by Gasteiger charge is -2.08. The minimum atomic E-state index is -0.274. The highest BCUT2D eigenvalue weighted by atomic mass is 32.1. The van der Waals surface area contributed by atoms with Crippen molar-refractivity contribution in [3.05, 3.63) is 52.2 Å². The van der Waals surface area contributed by atoms with E-state index in [1.54, 1.807) is 11.3 Å². The molecular weight excluding hydrogens is 296 g/mol. The summed E-state index contributed by atoms with van der Waals surface area (Å²) in [7, 11) is 0. The average Bonchev–Trinajstić information content (AvgIpc) is 3.05. The zero-order valence-corrected chi connectivity index (χ0v) is 13.8. The van der Waals surface area contributed by atoms with E-state index >= 15 is 0 Å². The molecular formula is C17H20N2O2S. The third kappa shape index (κ3) is 4.70. The van der Waals surface area contributed by atoms with Gasteiger partial charge in [-0.15, -0.1) is 11.3 Å². The van der Waals surface area contributed by atoms with Crippen LogP contribution in [0, 0.1) is 0 Å². The van der Waals surface area contributed by atoms with Gasteiger partial charge >= 0.3 is 0 Å². The summed E-state index contributed by atoms with van der Waals surface area (Å²) in [6.07, 6.45) is 0. The second-order valence-electron chi connectivity index (χ2n) is 5.22. The summed E-state index contributed by atoms with van der Waals surface area (Å²) in [6, 6.07) is 11.7. The summed E-state index contributed by atoms with van der Waals surface area (Å²) in [6.45, 7) is 6.08. The Kier molecular flexibility index (Phi) is 5.72. The summed E-state index contributed by atoms with van der Waals surface area (Å²) >= 11 is 1.58. The highest BCUT2D eigenvalue weighted by Crippen LogP contribution is 2.18. The molecule has 0 bridgehead atoms. The van der Waals surface area contributed by atoms with Gasteiger partial charge in [0.2, 0.25) is 0 Å². The highest BCUT2D eigenvalue weighted by molar-refractivity contribution is 7.12. The van der Waals surface area contributed by atoms with Gasteiger partial charge < -0.3 is 4.74 Å². The molecule has 2 rings (SSSR count). The number of hydrogen-bond acceptors (Lipinski definition) is 4. The first kappa shape index (κ1) is 16.2. The first-order valence-electron chi connectivity index (χ1n) is 7.16. The Morgan fingerprint density at radius 2 is 2.00 bits per heavy atom. The summed E-state index contributed by atoms with van der Waals surface area (Å²) in [5, 5.41) is 6.04. The van der Waals surface area contributed by atoms with Crippen LogP contribution in [0.2, 0.25) is 0 Å².